The first-order chi connectivity index (χ1) is 15.5. The highest BCUT2D eigenvalue weighted by molar-refractivity contribution is 5.94. The number of hydrogen-bond donors (Lipinski definition) is 0. The van der Waals surface area contributed by atoms with E-state index in [-0.39, 0.29) is 12.1 Å². The standard InChI is InChI=1S/C24H30N2O3.C3H8/c1-18(2)29-24(27)21-12-8-15-25-23(21)26-16-14-19(17-26)9-4-5-10-20-11-6-7-13-22(20)28-3;1-3-2/h4-8,11-13,15,18-19H,9-10,14,16-17H2,1-3H3;3H2,1-2H3/b5-4-;/t19-;/m1./s1. The fraction of sp³-hybridized carbons (Fsp3) is 0.481. The van der Waals surface area contributed by atoms with Gasteiger partial charge in [0.15, 0.2) is 0 Å². The van der Waals surface area contributed by atoms with Gasteiger partial charge in [0.2, 0.25) is 0 Å². The molecule has 174 valence electrons. The third-order valence-electron chi connectivity index (χ3n) is 5.10. The van der Waals surface area contributed by atoms with Crippen LogP contribution in [0.1, 0.15) is 62.9 Å². The summed E-state index contributed by atoms with van der Waals surface area (Å²) in [5, 5.41) is 0. The SMILES string of the molecule is CCC.COc1ccccc1C/C=C\C[C@@H]1CCN(c2ncccc2C(=O)OC(C)C)C1. The summed E-state index contributed by atoms with van der Waals surface area (Å²) in [7, 11) is 1.71. The number of para-hydroxylation sites is 1. The van der Waals surface area contributed by atoms with Crippen molar-refractivity contribution in [3.8, 4) is 5.75 Å². The predicted molar refractivity (Wildman–Crippen MR) is 132 cm³/mol. The Hall–Kier alpha value is -2.82. The molecule has 0 saturated carbocycles. The van der Waals surface area contributed by atoms with Crippen molar-refractivity contribution in [2.75, 3.05) is 25.1 Å². The minimum atomic E-state index is -0.303. The van der Waals surface area contributed by atoms with Crippen LogP contribution in [0.15, 0.2) is 54.7 Å². The zero-order valence-corrected chi connectivity index (χ0v) is 20.2. The average Bonchev–Trinajstić information content (AvgIpc) is 3.26. The Morgan fingerprint density at radius 3 is 2.66 bits per heavy atom. The molecule has 1 fully saturated rings. The Morgan fingerprint density at radius 2 is 1.94 bits per heavy atom. The minimum absolute atomic E-state index is 0.143. The molecule has 3 rings (SSSR count). The Kier molecular flexibility index (Phi) is 10.8. The van der Waals surface area contributed by atoms with Crippen molar-refractivity contribution in [1.29, 1.82) is 0 Å². The molecule has 1 aliphatic rings. The van der Waals surface area contributed by atoms with E-state index in [9.17, 15) is 4.79 Å². The summed E-state index contributed by atoms with van der Waals surface area (Å²) >= 11 is 0. The summed E-state index contributed by atoms with van der Waals surface area (Å²) in [4.78, 5) is 19.1. The monoisotopic (exact) mass is 438 g/mol. The molecule has 2 heterocycles. The Labute approximate surface area is 193 Å². The second-order valence-electron chi connectivity index (χ2n) is 8.36. The van der Waals surface area contributed by atoms with E-state index >= 15 is 0 Å². The van der Waals surface area contributed by atoms with E-state index in [1.54, 1.807) is 25.4 Å². The summed E-state index contributed by atoms with van der Waals surface area (Å²) in [6, 6.07) is 11.7. The van der Waals surface area contributed by atoms with Gasteiger partial charge >= 0.3 is 5.97 Å². The summed E-state index contributed by atoms with van der Waals surface area (Å²) in [6.45, 7) is 9.77. The normalized spacial score (nSPS) is 15.6. The zero-order valence-electron chi connectivity index (χ0n) is 20.2. The van der Waals surface area contributed by atoms with Crippen molar-refractivity contribution in [1.82, 2.24) is 4.98 Å². The van der Waals surface area contributed by atoms with Gasteiger partial charge in [0, 0.05) is 19.3 Å². The molecule has 0 amide bonds. The molecule has 5 nitrogen and oxygen atoms in total. The fourth-order valence-electron chi connectivity index (χ4n) is 3.67. The molecule has 1 atom stereocenters. The lowest BCUT2D eigenvalue weighted by atomic mass is 10.0. The molecule has 2 aromatic rings. The topological polar surface area (TPSA) is 51.7 Å². The van der Waals surface area contributed by atoms with E-state index in [2.05, 4.69) is 41.9 Å². The lowest BCUT2D eigenvalue weighted by Crippen LogP contribution is -2.24. The summed E-state index contributed by atoms with van der Waals surface area (Å²) < 4.78 is 10.8. The number of nitrogens with zero attached hydrogens (tertiary/aromatic N) is 2. The van der Waals surface area contributed by atoms with Gasteiger partial charge in [0.1, 0.15) is 17.1 Å². The third-order valence-corrected chi connectivity index (χ3v) is 5.10. The van der Waals surface area contributed by atoms with Crippen LogP contribution in [-0.2, 0) is 11.2 Å². The number of pyridine rings is 1. The molecule has 0 spiro atoms. The van der Waals surface area contributed by atoms with Crippen molar-refractivity contribution < 1.29 is 14.3 Å². The molecule has 1 saturated heterocycles. The first-order valence-electron chi connectivity index (χ1n) is 11.7. The van der Waals surface area contributed by atoms with E-state index in [1.807, 2.05) is 32.0 Å². The maximum Gasteiger partial charge on any atom is 0.342 e. The van der Waals surface area contributed by atoms with Gasteiger partial charge < -0.3 is 14.4 Å². The second-order valence-corrected chi connectivity index (χ2v) is 8.36. The number of hydrogen-bond acceptors (Lipinski definition) is 5. The molecule has 0 aliphatic carbocycles. The van der Waals surface area contributed by atoms with Gasteiger partial charge in [-0.15, -0.1) is 0 Å². The molecule has 1 aromatic heterocycles. The van der Waals surface area contributed by atoms with E-state index < -0.39 is 0 Å². The molecule has 0 unspecified atom stereocenters. The van der Waals surface area contributed by atoms with E-state index in [1.165, 1.54) is 12.0 Å². The Morgan fingerprint density at radius 1 is 1.19 bits per heavy atom. The van der Waals surface area contributed by atoms with Gasteiger partial charge in [-0.3, -0.25) is 0 Å². The van der Waals surface area contributed by atoms with Crippen molar-refractivity contribution in [3.05, 3.63) is 65.9 Å². The highest BCUT2D eigenvalue weighted by Crippen LogP contribution is 2.28. The number of anilines is 1. The fourth-order valence-corrected chi connectivity index (χ4v) is 3.67. The maximum atomic E-state index is 12.4. The molecule has 0 bridgehead atoms. The van der Waals surface area contributed by atoms with Crippen LogP contribution < -0.4 is 9.64 Å². The molecule has 0 N–H and O–H groups in total. The first-order valence-corrected chi connectivity index (χ1v) is 11.7. The van der Waals surface area contributed by atoms with Gasteiger partial charge in [-0.05, 0) is 62.8 Å². The minimum Gasteiger partial charge on any atom is -0.496 e. The molecular formula is C27H38N2O3. The number of carbonyl (C=O) groups is 1. The van der Waals surface area contributed by atoms with Gasteiger partial charge in [0.25, 0.3) is 0 Å². The number of ether oxygens (including phenoxy) is 2. The summed E-state index contributed by atoms with van der Waals surface area (Å²) in [5.74, 6) is 1.92. The predicted octanol–water partition coefficient (Wildman–Crippen LogP) is 6.09. The van der Waals surface area contributed by atoms with E-state index in [4.69, 9.17) is 9.47 Å². The van der Waals surface area contributed by atoms with Gasteiger partial charge in [-0.25, -0.2) is 9.78 Å². The molecule has 5 heteroatoms. The Balaban J connectivity index is 0.00000114. The van der Waals surface area contributed by atoms with Gasteiger partial charge in [-0.1, -0.05) is 50.6 Å². The number of rotatable bonds is 8. The largest absolute Gasteiger partial charge is 0.496 e. The van der Waals surface area contributed by atoms with Crippen LogP contribution in [0.2, 0.25) is 0 Å². The number of methoxy groups -OCH3 is 1. The van der Waals surface area contributed by atoms with Crippen molar-refractivity contribution in [3.63, 3.8) is 0 Å². The molecule has 32 heavy (non-hydrogen) atoms. The molecular weight excluding hydrogens is 400 g/mol. The maximum absolute atomic E-state index is 12.4. The first kappa shape index (κ1) is 25.4. The van der Waals surface area contributed by atoms with Crippen LogP contribution in [0.5, 0.6) is 5.75 Å². The smallest absolute Gasteiger partial charge is 0.342 e. The van der Waals surface area contributed by atoms with Crippen LogP contribution in [0.4, 0.5) is 5.82 Å². The quantitative estimate of drug-likeness (QED) is 0.369. The number of benzene rings is 1. The van der Waals surface area contributed by atoms with E-state index in [0.29, 0.717) is 11.5 Å². The average molecular weight is 439 g/mol. The van der Waals surface area contributed by atoms with Gasteiger partial charge in [0.05, 0.1) is 13.2 Å². The van der Waals surface area contributed by atoms with Crippen LogP contribution in [0.25, 0.3) is 0 Å². The second kappa shape index (κ2) is 13.6. The summed E-state index contributed by atoms with van der Waals surface area (Å²) in [5.41, 5.74) is 1.75. The van der Waals surface area contributed by atoms with Gasteiger partial charge in [-0.2, -0.15) is 0 Å². The summed E-state index contributed by atoms with van der Waals surface area (Å²) in [6.07, 6.45) is 10.3. The van der Waals surface area contributed by atoms with Crippen LogP contribution >= 0.6 is 0 Å². The lowest BCUT2D eigenvalue weighted by molar-refractivity contribution is 0.0378. The van der Waals surface area contributed by atoms with Crippen LogP contribution in [0, 0.1) is 5.92 Å². The number of allylic oxidation sites excluding steroid dienone is 2. The Bertz CT molecular complexity index is 863. The molecule has 1 aromatic carbocycles. The third kappa shape index (κ3) is 7.70. The van der Waals surface area contributed by atoms with Crippen molar-refractivity contribution in [2.24, 2.45) is 5.92 Å². The highest BCUT2D eigenvalue weighted by atomic mass is 16.5. The van der Waals surface area contributed by atoms with Crippen LogP contribution in [-0.4, -0.2) is 37.3 Å². The van der Waals surface area contributed by atoms with Crippen molar-refractivity contribution in [2.45, 2.75) is 59.5 Å². The number of esters is 1. The van der Waals surface area contributed by atoms with Crippen LogP contribution in [0.3, 0.4) is 0 Å². The molecule has 1 aliphatic heterocycles. The molecule has 0 radical (unpaired) electrons. The lowest BCUT2D eigenvalue weighted by Gasteiger charge is -2.20. The number of aromatic nitrogens is 1. The van der Waals surface area contributed by atoms with Crippen molar-refractivity contribution >= 4 is 11.8 Å². The highest BCUT2D eigenvalue weighted by Gasteiger charge is 2.26. The van der Waals surface area contributed by atoms with E-state index in [0.717, 1.165) is 43.9 Å². The zero-order chi connectivity index (χ0) is 23.3. The number of carbonyl (C=O) groups excluding carboxylic acids is 1.